The van der Waals surface area contributed by atoms with Gasteiger partial charge in [-0.1, -0.05) is 6.92 Å². The van der Waals surface area contributed by atoms with E-state index in [4.69, 9.17) is 9.47 Å². The van der Waals surface area contributed by atoms with Crippen LogP contribution < -0.4 is 5.32 Å². The van der Waals surface area contributed by atoms with Crippen molar-refractivity contribution in [3.63, 3.8) is 0 Å². The number of rotatable bonds is 8. The third-order valence-electron chi connectivity index (χ3n) is 3.05. The van der Waals surface area contributed by atoms with E-state index in [2.05, 4.69) is 12.2 Å². The predicted octanol–water partition coefficient (Wildman–Crippen LogP) is 1.82. The number of nitrogens with one attached hydrogen (secondary N) is 1. The van der Waals surface area contributed by atoms with Crippen molar-refractivity contribution in [2.24, 2.45) is 5.92 Å². The van der Waals surface area contributed by atoms with Crippen molar-refractivity contribution in [3.05, 3.63) is 0 Å². The molecule has 0 saturated carbocycles. The van der Waals surface area contributed by atoms with Crippen LogP contribution in [0, 0.1) is 5.92 Å². The molecule has 0 aromatic heterocycles. The van der Waals surface area contributed by atoms with Crippen molar-refractivity contribution in [1.29, 1.82) is 0 Å². The number of hydrogen-bond acceptors (Lipinski definition) is 3. The Labute approximate surface area is 93.5 Å². The summed E-state index contributed by atoms with van der Waals surface area (Å²) < 4.78 is 10.7. The van der Waals surface area contributed by atoms with Crippen LogP contribution in [0.3, 0.4) is 0 Å². The van der Waals surface area contributed by atoms with Gasteiger partial charge in [0.1, 0.15) is 0 Å². The monoisotopic (exact) mass is 215 g/mol. The molecule has 0 aliphatic carbocycles. The molecular weight excluding hydrogens is 190 g/mol. The van der Waals surface area contributed by atoms with Crippen LogP contribution in [0.25, 0.3) is 0 Å². The molecule has 0 spiro atoms. The normalized spacial score (nSPS) is 23.2. The van der Waals surface area contributed by atoms with Gasteiger partial charge in [0.15, 0.2) is 0 Å². The molecule has 0 bridgehead atoms. The molecule has 0 aromatic carbocycles. The molecule has 1 heterocycles. The van der Waals surface area contributed by atoms with E-state index >= 15 is 0 Å². The van der Waals surface area contributed by atoms with Gasteiger partial charge in [0.25, 0.3) is 0 Å². The Balaban J connectivity index is 2.05. The molecule has 15 heavy (non-hydrogen) atoms. The molecule has 2 atom stereocenters. The Morgan fingerprint density at radius 3 is 2.93 bits per heavy atom. The molecule has 0 amide bonds. The molecule has 90 valence electrons. The lowest BCUT2D eigenvalue weighted by atomic mass is 9.97. The summed E-state index contributed by atoms with van der Waals surface area (Å²) in [6, 6.07) is 0.633. The van der Waals surface area contributed by atoms with E-state index in [1.165, 1.54) is 12.8 Å². The summed E-state index contributed by atoms with van der Waals surface area (Å²) in [4.78, 5) is 0. The molecule has 0 aromatic rings. The predicted molar refractivity (Wildman–Crippen MR) is 62.1 cm³/mol. The fourth-order valence-corrected chi connectivity index (χ4v) is 2.12. The summed E-state index contributed by atoms with van der Waals surface area (Å²) in [5.41, 5.74) is 0. The van der Waals surface area contributed by atoms with Crippen molar-refractivity contribution < 1.29 is 9.47 Å². The van der Waals surface area contributed by atoms with E-state index < -0.39 is 0 Å². The second-order valence-electron chi connectivity index (χ2n) is 4.14. The van der Waals surface area contributed by atoms with Gasteiger partial charge in [-0.05, 0) is 38.6 Å². The average Bonchev–Trinajstić information content (AvgIpc) is 2.77. The van der Waals surface area contributed by atoms with E-state index in [9.17, 15) is 0 Å². The summed E-state index contributed by atoms with van der Waals surface area (Å²) in [5, 5.41) is 3.61. The van der Waals surface area contributed by atoms with E-state index in [1.54, 1.807) is 0 Å². The van der Waals surface area contributed by atoms with Gasteiger partial charge in [-0.2, -0.15) is 0 Å². The minimum atomic E-state index is 0.633. The van der Waals surface area contributed by atoms with Crippen LogP contribution in [0.2, 0.25) is 0 Å². The number of hydrogen-bond donors (Lipinski definition) is 1. The van der Waals surface area contributed by atoms with Crippen molar-refractivity contribution in [2.45, 2.75) is 39.2 Å². The SMILES string of the molecule is CCOCCCNC(CC)C1CCOC1. The van der Waals surface area contributed by atoms with Crippen LogP contribution in [0.5, 0.6) is 0 Å². The lowest BCUT2D eigenvalue weighted by Gasteiger charge is -2.22. The third-order valence-corrected chi connectivity index (χ3v) is 3.05. The molecule has 1 rings (SSSR count). The summed E-state index contributed by atoms with van der Waals surface area (Å²) in [6.07, 6.45) is 3.53. The number of ether oxygens (including phenoxy) is 2. The van der Waals surface area contributed by atoms with Gasteiger partial charge >= 0.3 is 0 Å². The fourth-order valence-electron chi connectivity index (χ4n) is 2.12. The molecule has 1 N–H and O–H groups in total. The van der Waals surface area contributed by atoms with Crippen LogP contribution >= 0.6 is 0 Å². The fraction of sp³-hybridized carbons (Fsp3) is 1.00. The minimum absolute atomic E-state index is 0.633. The van der Waals surface area contributed by atoms with Gasteiger partial charge in [-0.15, -0.1) is 0 Å². The maximum absolute atomic E-state index is 5.42. The molecule has 1 fully saturated rings. The smallest absolute Gasteiger partial charge is 0.0509 e. The molecule has 3 nitrogen and oxygen atoms in total. The zero-order valence-electron chi connectivity index (χ0n) is 10.1. The maximum Gasteiger partial charge on any atom is 0.0509 e. The third kappa shape index (κ3) is 4.96. The summed E-state index contributed by atoms with van der Waals surface area (Å²) in [5.74, 6) is 0.724. The summed E-state index contributed by atoms with van der Waals surface area (Å²) in [7, 11) is 0. The average molecular weight is 215 g/mol. The largest absolute Gasteiger partial charge is 0.382 e. The van der Waals surface area contributed by atoms with Crippen molar-refractivity contribution >= 4 is 0 Å². The Hall–Kier alpha value is -0.120. The summed E-state index contributed by atoms with van der Waals surface area (Å²) >= 11 is 0. The molecule has 1 saturated heterocycles. The highest BCUT2D eigenvalue weighted by Gasteiger charge is 2.23. The van der Waals surface area contributed by atoms with Gasteiger partial charge < -0.3 is 14.8 Å². The van der Waals surface area contributed by atoms with Gasteiger partial charge in [-0.25, -0.2) is 0 Å². The first-order valence-corrected chi connectivity index (χ1v) is 6.27. The van der Waals surface area contributed by atoms with Crippen molar-refractivity contribution in [2.75, 3.05) is 33.0 Å². The quantitative estimate of drug-likeness (QED) is 0.626. The van der Waals surface area contributed by atoms with Crippen molar-refractivity contribution in [1.82, 2.24) is 5.32 Å². The molecule has 0 radical (unpaired) electrons. The van der Waals surface area contributed by atoms with Gasteiger partial charge in [0.2, 0.25) is 0 Å². The van der Waals surface area contributed by atoms with E-state index in [0.29, 0.717) is 6.04 Å². The molecule has 1 aliphatic heterocycles. The first-order chi connectivity index (χ1) is 7.38. The first kappa shape index (κ1) is 12.9. The second kappa shape index (κ2) is 8.08. The standard InChI is InChI=1S/C12H25NO2/c1-3-12(11-6-9-15-10-11)13-7-5-8-14-4-2/h11-13H,3-10H2,1-2H3. The highest BCUT2D eigenvalue weighted by Crippen LogP contribution is 2.18. The van der Waals surface area contributed by atoms with Gasteiger partial charge in [-0.3, -0.25) is 0 Å². The van der Waals surface area contributed by atoms with Gasteiger partial charge in [0, 0.05) is 25.9 Å². The molecular formula is C12H25NO2. The highest BCUT2D eigenvalue weighted by atomic mass is 16.5. The lowest BCUT2D eigenvalue weighted by Crippen LogP contribution is -2.37. The topological polar surface area (TPSA) is 30.5 Å². The highest BCUT2D eigenvalue weighted by molar-refractivity contribution is 4.78. The van der Waals surface area contributed by atoms with Crippen LogP contribution in [0.4, 0.5) is 0 Å². The first-order valence-electron chi connectivity index (χ1n) is 6.27. The van der Waals surface area contributed by atoms with E-state index in [0.717, 1.165) is 45.3 Å². The maximum atomic E-state index is 5.42. The zero-order chi connectivity index (χ0) is 10.9. The van der Waals surface area contributed by atoms with Crippen LogP contribution in [-0.4, -0.2) is 39.0 Å². The Kier molecular flexibility index (Phi) is 6.98. The Bertz CT molecular complexity index is 147. The molecule has 1 aliphatic rings. The zero-order valence-corrected chi connectivity index (χ0v) is 10.1. The summed E-state index contributed by atoms with van der Waals surface area (Å²) in [6.45, 7) is 8.94. The van der Waals surface area contributed by atoms with Crippen molar-refractivity contribution in [3.8, 4) is 0 Å². The molecule has 2 unspecified atom stereocenters. The second-order valence-corrected chi connectivity index (χ2v) is 4.14. The minimum Gasteiger partial charge on any atom is -0.382 e. The van der Waals surface area contributed by atoms with Crippen LogP contribution in [0.1, 0.15) is 33.1 Å². The van der Waals surface area contributed by atoms with Crippen LogP contribution in [-0.2, 0) is 9.47 Å². The van der Waals surface area contributed by atoms with E-state index in [1.807, 2.05) is 6.92 Å². The van der Waals surface area contributed by atoms with Crippen LogP contribution in [0.15, 0.2) is 0 Å². The molecule has 3 heteroatoms. The Morgan fingerprint density at radius 2 is 2.33 bits per heavy atom. The van der Waals surface area contributed by atoms with E-state index in [-0.39, 0.29) is 0 Å². The van der Waals surface area contributed by atoms with Gasteiger partial charge in [0.05, 0.1) is 6.61 Å². The Morgan fingerprint density at radius 1 is 1.47 bits per heavy atom. The lowest BCUT2D eigenvalue weighted by molar-refractivity contribution is 0.142.